The zero-order chi connectivity index (χ0) is 27.0. The van der Waals surface area contributed by atoms with Crippen molar-refractivity contribution in [1.29, 1.82) is 0 Å². The lowest BCUT2D eigenvalue weighted by atomic mass is 9.45. The Balaban J connectivity index is 0.000000561. The van der Waals surface area contributed by atoms with E-state index in [4.69, 9.17) is 0 Å². The summed E-state index contributed by atoms with van der Waals surface area (Å²) in [5.41, 5.74) is 1.41. The van der Waals surface area contributed by atoms with Crippen LogP contribution in [0.15, 0.2) is 25.3 Å². The van der Waals surface area contributed by atoms with Gasteiger partial charge >= 0.3 is 0 Å². The van der Waals surface area contributed by atoms with Crippen molar-refractivity contribution >= 4 is 0 Å². The van der Waals surface area contributed by atoms with Gasteiger partial charge in [-0.1, -0.05) is 99.1 Å². The monoisotopic (exact) mass is 501 g/mol. The van der Waals surface area contributed by atoms with Crippen molar-refractivity contribution in [3.63, 3.8) is 0 Å². The lowest BCUT2D eigenvalue weighted by molar-refractivity contribution is -0.111. The number of hydrogen-bond donors (Lipinski definition) is 0. The minimum atomic E-state index is 0.692. The second-order valence-corrected chi connectivity index (χ2v) is 12.8. The zero-order valence-corrected chi connectivity index (χ0v) is 26.2. The summed E-state index contributed by atoms with van der Waals surface area (Å²) in [4.78, 5) is 0. The maximum absolute atomic E-state index is 3.87. The molecule has 0 heteroatoms. The van der Waals surface area contributed by atoms with E-state index in [0.717, 1.165) is 36.0 Å². The molecule has 212 valence electrons. The van der Waals surface area contributed by atoms with E-state index in [2.05, 4.69) is 53.9 Å². The fourth-order valence-electron chi connectivity index (χ4n) is 8.73. The first-order chi connectivity index (χ1) is 17.4. The second-order valence-electron chi connectivity index (χ2n) is 12.8. The molecular formula is C36H68. The van der Waals surface area contributed by atoms with Crippen molar-refractivity contribution in [3.05, 3.63) is 25.3 Å². The van der Waals surface area contributed by atoms with Crippen LogP contribution in [-0.4, -0.2) is 0 Å². The van der Waals surface area contributed by atoms with Gasteiger partial charge in [-0.25, -0.2) is 0 Å². The highest BCUT2D eigenvalue weighted by atomic mass is 14.6. The average molecular weight is 501 g/mol. The lowest BCUT2D eigenvalue weighted by Gasteiger charge is -2.60. The van der Waals surface area contributed by atoms with E-state index in [9.17, 15) is 0 Å². The van der Waals surface area contributed by atoms with E-state index in [1.165, 1.54) is 57.8 Å². The minimum absolute atomic E-state index is 0.692. The SMILES string of the molecule is C=CCC.C=CCCCCCC1CCC2C3CCC4CCCCC4(C)C3CCC12C.CC.CCCC. The van der Waals surface area contributed by atoms with Crippen LogP contribution in [0.4, 0.5) is 0 Å². The average Bonchev–Trinajstić information content (AvgIpc) is 3.25. The molecule has 36 heavy (non-hydrogen) atoms. The van der Waals surface area contributed by atoms with Crippen LogP contribution in [0.1, 0.15) is 164 Å². The third kappa shape index (κ3) is 8.50. The van der Waals surface area contributed by atoms with Gasteiger partial charge in [-0.3, -0.25) is 0 Å². The molecule has 0 heterocycles. The predicted octanol–water partition coefficient (Wildman–Crippen LogP) is 12.6. The van der Waals surface area contributed by atoms with Crippen LogP contribution in [0, 0.1) is 40.4 Å². The lowest BCUT2D eigenvalue weighted by Crippen LogP contribution is -2.52. The molecule has 0 nitrogen and oxygen atoms in total. The van der Waals surface area contributed by atoms with Crippen LogP contribution in [0.2, 0.25) is 0 Å². The zero-order valence-electron chi connectivity index (χ0n) is 26.2. The number of unbranched alkanes of at least 4 members (excludes halogenated alkanes) is 4. The number of rotatable bonds is 8. The minimum Gasteiger partial charge on any atom is -0.103 e. The number of allylic oxidation sites excluding steroid dienone is 2. The van der Waals surface area contributed by atoms with E-state index in [1.807, 2.05) is 19.9 Å². The molecule has 4 saturated carbocycles. The fourth-order valence-corrected chi connectivity index (χ4v) is 8.73. The molecule has 0 saturated heterocycles. The largest absolute Gasteiger partial charge is 0.103 e. The Kier molecular flexibility index (Phi) is 16.7. The summed E-state index contributed by atoms with van der Waals surface area (Å²) < 4.78 is 0. The second kappa shape index (κ2) is 17.9. The Bertz CT molecular complexity index is 573. The normalized spacial score (nSPS) is 36.1. The molecule has 0 aromatic heterocycles. The Hall–Kier alpha value is -0.520. The predicted molar refractivity (Wildman–Crippen MR) is 166 cm³/mol. The highest BCUT2D eigenvalue weighted by molar-refractivity contribution is 5.08. The van der Waals surface area contributed by atoms with E-state index < -0.39 is 0 Å². The summed E-state index contributed by atoms with van der Waals surface area (Å²) in [6.07, 6.45) is 30.2. The molecule has 0 aromatic carbocycles. The topological polar surface area (TPSA) is 0 Å². The van der Waals surface area contributed by atoms with Gasteiger partial charge in [0.05, 0.1) is 0 Å². The third-order valence-corrected chi connectivity index (χ3v) is 11.0. The smallest absolute Gasteiger partial charge is 0.0266 e. The van der Waals surface area contributed by atoms with Crippen LogP contribution < -0.4 is 0 Å². The molecule has 4 rings (SSSR count). The molecule has 0 amide bonds. The Morgan fingerprint density at radius 2 is 1.36 bits per heavy atom. The van der Waals surface area contributed by atoms with Crippen molar-refractivity contribution in [2.75, 3.05) is 0 Å². The van der Waals surface area contributed by atoms with Crippen molar-refractivity contribution in [3.8, 4) is 0 Å². The fraction of sp³-hybridized carbons (Fsp3) is 0.889. The molecule has 4 fully saturated rings. The van der Waals surface area contributed by atoms with Gasteiger partial charge in [0.15, 0.2) is 0 Å². The van der Waals surface area contributed by atoms with Crippen LogP contribution in [0.5, 0.6) is 0 Å². The summed E-state index contributed by atoms with van der Waals surface area (Å²) in [6, 6.07) is 0. The van der Waals surface area contributed by atoms with Crippen molar-refractivity contribution in [2.24, 2.45) is 40.4 Å². The van der Waals surface area contributed by atoms with Gasteiger partial charge in [0.1, 0.15) is 0 Å². The standard InChI is InChI=1S/C26H44.C4H10.C4H8.C2H6/c1-4-5-6-7-8-11-21-14-16-23-22-15-13-20-12-9-10-18-25(20,2)24(22)17-19-26(21,23)3;2*1-3-4-2;1-2/h4,20-24H,1,5-19H2,2-3H3;3-4H2,1-2H3;3H,1,4H2,2H3;1-2H3. The van der Waals surface area contributed by atoms with Crippen LogP contribution >= 0.6 is 0 Å². The molecule has 0 aromatic rings. The summed E-state index contributed by atoms with van der Waals surface area (Å²) in [5, 5.41) is 0. The molecule has 0 radical (unpaired) electrons. The molecule has 7 atom stereocenters. The third-order valence-electron chi connectivity index (χ3n) is 11.0. The van der Waals surface area contributed by atoms with Gasteiger partial charge in [0, 0.05) is 0 Å². The van der Waals surface area contributed by atoms with Gasteiger partial charge in [-0.2, -0.15) is 0 Å². The Labute approximate surface area is 229 Å². The maximum Gasteiger partial charge on any atom is -0.0266 e. The summed E-state index contributed by atoms with van der Waals surface area (Å²) in [6.45, 7) is 23.2. The molecule has 0 spiro atoms. The number of hydrogen-bond acceptors (Lipinski definition) is 0. The molecule has 0 N–H and O–H groups in total. The highest BCUT2D eigenvalue weighted by Gasteiger charge is 2.59. The molecular weight excluding hydrogens is 432 g/mol. The van der Waals surface area contributed by atoms with Gasteiger partial charge < -0.3 is 0 Å². The summed E-state index contributed by atoms with van der Waals surface area (Å²) in [7, 11) is 0. The summed E-state index contributed by atoms with van der Waals surface area (Å²) >= 11 is 0. The van der Waals surface area contributed by atoms with Gasteiger partial charge in [-0.15, -0.1) is 13.2 Å². The first-order valence-corrected chi connectivity index (χ1v) is 16.6. The Morgan fingerprint density at radius 3 is 1.97 bits per heavy atom. The highest BCUT2D eigenvalue weighted by Crippen LogP contribution is 2.67. The van der Waals surface area contributed by atoms with E-state index >= 15 is 0 Å². The first kappa shape index (κ1) is 33.5. The first-order valence-electron chi connectivity index (χ1n) is 16.6. The molecule has 0 aliphatic heterocycles. The van der Waals surface area contributed by atoms with Crippen LogP contribution in [0.25, 0.3) is 0 Å². The maximum atomic E-state index is 3.87. The van der Waals surface area contributed by atoms with Crippen molar-refractivity contribution < 1.29 is 0 Å². The molecule has 7 unspecified atom stereocenters. The quantitative estimate of drug-likeness (QED) is 0.229. The van der Waals surface area contributed by atoms with E-state index in [1.54, 1.807) is 51.4 Å². The molecule has 4 aliphatic carbocycles. The van der Waals surface area contributed by atoms with Crippen LogP contribution in [-0.2, 0) is 0 Å². The van der Waals surface area contributed by atoms with Gasteiger partial charge in [-0.05, 0) is 117 Å². The van der Waals surface area contributed by atoms with Gasteiger partial charge in [0.25, 0.3) is 0 Å². The van der Waals surface area contributed by atoms with E-state index in [-0.39, 0.29) is 0 Å². The van der Waals surface area contributed by atoms with E-state index in [0.29, 0.717) is 10.8 Å². The molecule has 4 aliphatic rings. The Morgan fingerprint density at radius 1 is 0.694 bits per heavy atom. The van der Waals surface area contributed by atoms with Crippen molar-refractivity contribution in [2.45, 2.75) is 164 Å². The summed E-state index contributed by atoms with van der Waals surface area (Å²) in [5.74, 6) is 5.34. The number of fused-ring (bicyclic) bond motifs is 5. The van der Waals surface area contributed by atoms with Gasteiger partial charge in [0.2, 0.25) is 0 Å². The molecule has 0 bridgehead atoms. The van der Waals surface area contributed by atoms with Crippen molar-refractivity contribution in [1.82, 2.24) is 0 Å². The van der Waals surface area contributed by atoms with Crippen LogP contribution in [0.3, 0.4) is 0 Å².